The lowest BCUT2D eigenvalue weighted by Crippen LogP contribution is -1.79. The number of rotatable bonds is 1. The predicted octanol–water partition coefficient (Wildman–Crippen LogP) is 4.22. The molecule has 2 nitrogen and oxygen atoms in total. The Bertz CT molecular complexity index is 691. The average Bonchev–Trinajstić information content (AvgIpc) is 2.83. The summed E-state index contributed by atoms with van der Waals surface area (Å²) in [6.45, 7) is 6.34. The van der Waals surface area contributed by atoms with Crippen LogP contribution in [0.25, 0.3) is 21.7 Å². The van der Waals surface area contributed by atoms with Crippen molar-refractivity contribution in [1.82, 2.24) is 9.97 Å². The number of fused-ring (bicyclic) bond motifs is 1. The minimum Gasteiger partial charge on any atom is -0.337 e. The maximum Gasteiger partial charge on any atom is 0.148 e. The monoisotopic (exact) mass is 242 g/mol. The topological polar surface area (TPSA) is 28.7 Å². The summed E-state index contributed by atoms with van der Waals surface area (Å²) in [5.74, 6) is 0.979. The highest BCUT2D eigenvalue weighted by Gasteiger charge is 2.09. The molecule has 2 heterocycles. The Morgan fingerprint density at radius 1 is 1.12 bits per heavy atom. The molecule has 3 rings (SSSR count). The summed E-state index contributed by atoms with van der Waals surface area (Å²) in [6, 6.07) is 8.58. The molecule has 0 saturated carbocycles. The fourth-order valence-corrected chi connectivity index (χ4v) is 2.96. The van der Waals surface area contributed by atoms with E-state index < -0.39 is 0 Å². The van der Waals surface area contributed by atoms with E-state index >= 15 is 0 Å². The van der Waals surface area contributed by atoms with Gasteiger partial charge in [0.1, 0.15) is 5.82 Å². The molecule has 0 unspecified atom stereocenters. The number of benzene rings is 1. The van der Waals surface area contributed by atoms with Gasteiger partial charge in [-0.15, -0.1) is 11.3 Å². The summed E-state index contributed by atoms with van der Waals surface area (Å²) < 4.78 is 0. The van der Waals surface area contributed by atoms with Gasteiger partial charge < -0.3 is 4.98 Å². The normalized spacial score (nSPS) is 11.2. The van der Waals surface area contributed by atoms with Gasteiger partial charge >= 0.3 is 0 Å². The molecule has 3 heteroatoms. The third-order valence-electron chi connectivity index (χ3n) is 2.90. The van der Waals surface area contributed by atoms with Gasteiger partial charge in [-0.2, -0.15) is 0 Å². The quantitative estimate of drug-likeness (QED) is 0.680. The second kappa shape index (κ2) is 3.70. The number of imidazole rings is 1. The Kier molecular flexibility index (Phi) is 2.30. The Balaban J connectivity index is 2.23. The van der Waals surface area contributed by atoms with Crippen LogP contribution in [0.4, 0.5) is 0 Å². The van der Waals surface area contributed by atoms with Gasteiger partial charge in [0.05, 0.1) is 15.9 Å². The summed E-state index contributed by atoms with van der Waals surface area (Å²) in [4.78, 5) is 10.6. The zero-order valence-corrected chi connectivity index (χ0v) is 11.0. The minimum absolute atomic E-state index is 0.979. The van der Waals surface area contributed by atoms with Crippen LogP contribution in [0.3, 0.4) is 0 Å². The molecule has 0 atom stereocenters. The summed E-state index contributed by atoms with van der Waals surface area (Å²) in [6.07, 6.45) is 0. The Morgan fingerprint density at radius 2 is 1.94 bits per heavy atom. The molecule has 17 heavy (non-hydrogen) atoms. The molecule has 1 aromatic carbocycles. The number of hydrogen-bond donors (Lipinski definition) is 1. The highest BCUT2D eigenvalue weighted by atomic mass is 32.1. The van der Waals surface area contributed by atoms with Crippen molar-refractivity contribution in [1.29, 1.82) is 0 Å². The van der Waals surface area contributed by atoms with Crippen molar-refractivity contribution in [3.05, 3.63) is 40.3 Å². The van der Waals surface area contributed by atoms with Crippen LogP contribution in [0.1, 0.15) is 16.0 Å². The first-order valence-electron chi connectivity index (χ1n) is 5.67. The number of aromatic amines is 1. The molecule has 86 valence electrons. The third-order valence-corrected chi connectivity index (χ3v) is 3.90. The average molecular weight is 242 g/mol. The van der Waals surface area contributed by atoms with E-state index in [0.717, 1.165) is 16.9 Å². The van der Waals surface area contributed by atoms with Crippen LogP contribution in [0.15, 0.2) is 24.3 Å². The molecule has 0 amide bonds. The number of H-pyrrole nitrogens is 1. The SMILES string of the molecule is Cc1cc(C)c2nc(-c3ccc(C)s3)[nH]c2c1. The lowest BCUT2D eigenvalue weighted by Gasteiger charge is -1.96. The minimum atomic E-state index is 0.979. The Labute approximate surface area is 104 Å². The largest absolute Gasteiger partial charge is 0.337 e. The van der Waals surface area contributed by atoms with E-state index in [0.29, 0.717) is 0 Å². The second-order valence-corrected chi connectivity index (χ2v) is 5.76. The van der Waals surface area contributed by atoms with Gasteiger partial charge in [0.15, 0.2) is 0 Å². The third kappa shape index (κ3) is 1.76. The molecule has 0 aliphatic carbocycles. The van der Waals surface area contributed by atoms with Crippen molar-refractivity contribution in [2.45, 2.75) is 20.8 Å². The molecular weight excluding hydrogens is 228 g/mol. The zero-order valence-electron chi connectivity index (χ0n) is 10.2. The van der Waals surface area contributed by atoms with Gasteiger partial charge in [-0.05, 0) is 50.1 Å². The van der Waals surface area contributed by atoms with Gasteiger partial charge in [-0.3, -0.25) is 0 Å². The van der Waals surface area contributed by atoms with Gasteiger partial charge in [0.25, 0.3) is 0 Å². The highest BCUT2D eigenvalue weighted by molar-refractivity contribution is 7.15. The van der Waals surface area contributed by atoms with E-state index in [1.54, 1.807) is 11.3 Å². The van der Waals surface area contributed by atoms with Crippen LogP contribution in [-0.4, -0.2) is 9.97 Å². The van der Waals surface area contributed by atoms with Gasteiger partial charge in [0, 0.05) is 4.88 Å². The van der Waals surface area contributed by atoms with Crippen LogP contribution in [0.5, 0.6) is 0 Å². The molecule has 0 bridgehead atoms. The van der Waals surface area contributed by atoms with Crippen molar-refractivity contribution in [3.63, 3.8) is 0 Å². The van der Waals surface area contributed by atoms with Crippen LogP contribution < -0.4 is 0 Å². The van der Waals surface area contributed by atoms with E-state index in [4.69, 9.17) is 4.98 Å². The summed E-state index contributed by atoms with van der Waals surface area (Å²) in [5.41, 5.74) is 4.71. The number of nitrogens with one attached hydrogen (secondary N) is 1. The van der Waals surface area contributed by atoms with Crippen molar-refractivity contribution < 1.29 is 0 Å². The molecule has 2 aromatic heterocycles. The second-order valence-electron chi connectivity index (χ2n) is 4.47. The summed E-state index contributed by atoms with van der Waals surface area (Å²) in [7, 11) is 0. The van der Waals surface area contributed by atoms with E-state index in [1.165, 1.54) is 20.9 Å². The van der Waals surface area contributed by atoms with Crippen molar-refractivity contribution in [2.75, 3.05) is 0 Å². The molecule has 0 aliphatic heterocycles. The van der Waals surface area contributed by atoms with E-state index in [2.05, 4.69) is 50.0 Å². The highest BCUT2D eigenvalue weighted by Crippen LogP contribution is 2.28. The van der Waals surface area contributed by atoms with Gasteiger partial charge in [-0.25, -0.2) is 4.98 Å². The van der Waals surface area contributed by atoms with E-state index in [1.807, 2.05) is 0 Å². The fraction of sp³-hybridized carbons (Fsp3) is 0.214. The molecule has 0 saturated heterocycles. The van der Waals surface area contributed by atoms with Crippen molar-refractivity contribution in [3.8, 4) is 10.7 Å². The first-order valence-corrected chi connectivity index (χ1v) is 6.49. The van der Waals surface area contributed by atoms with Crippen LogP contribution in [0, 0.1) is 20.8 Å². The van der Waals surface area contributed by atoms with Gasteiger partial charge in [-0.1, -0.05) is 6.07 Å². The Morgan fingerprint density at radius 3 is 2.65 bits per heavy atom. The van der Waals surface area contributed by atoms with E-state index in [-0.39, 0.29) is 0 Å². The first-order chi connectivity index (χ1) is 8.13. The van der Waals surface area contributed by atoms with Gasteiger partial charge in [0.2, 0.25) is 0 Å². The predicted molar refractivity (Wildman–Crippen MR) is 73.6 cm³/mol. The number of aryl methyl sites for hydroxylation is 3. The number of nitrogens with zero attached hydrogens (tertiary/aromatic N) is 1. The number of aromatic nitrogens is 2. The molecule has 1 N–H and O–H groups in total. The standard InChI is InChI=1S/C14H14N2S/c1-8-6-9(2)13-11(7-8)15-14(16-13)12-5-4-10(3)17-12/h4-7H,1-3H3,(H,15,16). The zero-order chi connectivity index (χ0) is 12.0. The van der Waals surface area contributed by atoms with Crippen LogP contribution in [0.2, 0.25) is 0 Å². The molecule has 0 fully saturated rings. The summed E-state index contributed by atoms with van der Waals surface area (Å²) in [5, 5.41) is 0. The van der Waals surface area contributed by atoms with Crippen LogP contribution >= 0.6 is 11.3 Å². The lowest BCUT2D eigenvalue weighted by atomic mass is 10.1. The molecular formula is C14H14N2S. The maximum absolute atomic E-state index is 4.69. The molecule has 3 aromatic rings. The number of thiophene rings is 1. The molecule has 0 radical (unpaired) electrons. The summed E-state index contributed by atoms with van der Waals surface area (Å²) >= 11 is 1.77. The molecule has 0 spiro atoms. The van der Waals surface area contributed by atoms with Crippen LogP contribution in [-0.2, 0) is 0 Å². The lowest BCUT2D eigenvalue weighted by molar-refractivity contribution is 1.35. The van der Waals surface area contributed by atoms with E-state index in [9.17, 15) is 0 Å². The van der Waals surface area contributed by atoms with Crippen molar-refractivity contribution in [2.24, 2.45) is 0 Å². The Hall–Kier alpha value is -1.61. The maximum atomic E-state index is 4.69. The smallest absolute Gasteiger partial charge is 0.148 e. The first kappa shape index (κ1) is 10.5. The number of hydrogen-bond acceptors (Lipinski definition) is 2. The fourth-order valence-electron chi connectivity index (χ4n) is 2.15. The van der Waals surface area contributed by atoms with Crippen molar-refractivity contribution >= 4 is 22.4 Å². The molecule has 0 aliphatic rings.